The summed E-state index contributed by atoms with van der Waals surface area (Å²) >= 11 is 7.22. The van der Waals surface area contributed by atoms with E-state index >= 15 is 0 Å². The zero-order valence-electron chi connectivity index (χ0n) is 14.3. The molecule has 0 saturated carbocycles. The van der Waals surface area contributed by atoms with Crippen molar-refractivity contribution in [3.8, 4) is 5.75 Å². The Bertz CT molecular complexity index is 603. The molecule has 0 saturated heterocycles. The molecular formula is C19H24Br2ClNO2. The van der Waals surface area contributed by atoms with Gasteiger partial charge in [0.2, 0.25) is 0 Å². The summed E-state index contributed by atoms with van der Waals surface area (Å²) in [6, 6.07) is 14.4. The van der Waals surface area contributed by atoms with Crippen LogP contribution in [0.2, 0.25) is 0 Å². The van der Waals surface area contributed by atoms with Gasteiger partial charge in [0.15, 0.2) is 0 Å². The molecule has 2 aromatic rings. The highest BCUT2D eigenvalue weighted by Gasteiger charge is 2.09. The molecule has 0 heterocycles. The fourth-order valence-electron chi connectivity index (χ4n) is 2.26. The molecule has 0 radical (unpaired) electrons. The van der Waals surface area contributed by atoms with Gasteiger partial charge in [-0.2, -0.15) is 0 Å². The third kappa shape index (κ3) is 8.09. The molecule has 6 heteroatoms. The van der Waals surface area contributed by atoms with Gasteiger partial charge < -0.3 is 14.8 Å². The summed E-state index contributed by atoms with van der Waals surface area (Å²) < 4.78 is 13.2. The Morgan fingerprint density at radius 3 is 2.32 bits per heavy atom. The molecule has 0 unspecified atom stereocenters. The molecule has 0 spiro atoms. The average molecular weight is 494 g/mol. The van der Waals surface area contributed by atoms with Gasteiger partial charge in [-0.25, -0.2) is 0 Å². The minimum atomic E-state index is 0. The first-order valence-corrected chi connectivity index (χ1v) is 9.72. The van der Waals surface area contributed by atoms with E-state index in [2.05, 4.69) is 61.4 Å². The molecule has 25 heavy (non-hydrogen) atoms. The molecule has 0 aliphatic heterocycles. The van der Waals surface area contributed by atoms with E-state index < -0.39 is 0 Å². The summed E-state index contributed by atoms with van der Waals surface area (Å²) in [6.45, 7) is 5.92. The van der Waals surface area contributed by atoms with Gasteiger partial charge >= 0.3 is 0 Å². The monoisotopic (exact) mass is 491 g/mol. The Balaban J connectivity index is 0.00000312. The van der Waals surface area contributed by atoms with Crippen molar-refractivity contribution >= 4 is 44.3 Å². The van der Waals surface area contributed by atoms with Crippen LogP contribution < -0.4 is 10.1 Å². The van der Waals surface area contributed by atoms with E-state index in [0.717, 1.165) is 53.0 Å². The normalized spacial score (nSPS) is 10.4. The molecule has 3 nitrogen and oxygen atoms in total. The largest absolute Gasteiger partial charge is 0.487 e. The van der Waals surface area contributed by atoms with Crippen LogP contribution in [0.3, 0.4) is 0 Å². The maximum atomic E-state index is 5.95. The third-order valence-corrected chi connectivity index (χ3v) is 4.64. The van der Waals surface area contributed by atoms with Gasteiger partial charge in [-0.15, -0.1) is 12.4 Å². The summed E-state index contributed by atoms with van der Waals surface area (Å²) in [4.78, 5) is 0. The van der Waals surface area contributed by atoms with Gasteiger partial charge in [0.1, 0.15) is 12.4 Å². The first-order valence-electron chi connectivity index (χ1n) is 8.13. The van der Waals surface area contributed by atoms with Crippen LogP contribution >= 0.6 is 44.3 Å². The summed E-state index contributed by atoms with van der Waals surface area (Å²) in [5, 5.41) is 3.43. The molecule has 0 fully saturated rings. The van der Waals surface area contributed by atoms with Crippen molar-refractivity contribution in [1.82, 2.24) is 5.32 Å². The number of ether oxygens (including phenoxy) is 2. The lowest BCUT2D eigenvalue weighted by Gasteiger charge is -2.13. The van der Waals surface area contributed by atoms with Gasteiger partial charge in [0, 0.05) is 19.8 Å². The topological polar surface area (TPSA) is 30.5 Å². The van der Waals surface area contributed by atoms with E-state index in [-0.39, 0.29) is 12.4 Å². The van der Waals surface area contributed by atoms with Gasteiger partial charge in [0.05, 0.1) is 8.95 Å². The molecular weight excluding hydrogens is 469 g/mol. The summed E-state index contributed by atoms with van der Waals surface area (Å²) in [6.07, 6.45) is 1.02. The van der Waals surface area contributed by atoms with E-state index in [1.807, 2.05) is 25.1 Å². The first-order chi connectivity index (χ1) is 11.7. The van der Waals surface area contributed by atoms with Crippen molar-refractivity contribution in [2.24, 2.45) is 0 Å². The first kappa shape index (κ1) is 22.5. The Labute approximate surface area is 173 Å². The minimum Gasteiger partial charge on any atom is -0.487 e. The minimum absolute atomic E-state index is 0. The Kier molecular flexibility index (Phi) is 11.4. The van der Waals surface area contributed by atoms with Crippen LogP contribution in [0.15, 0.2) is 51.4 Å². The third-order valence-electron chi connectivity index (χ3n) is 3.46. The highest BCUT2D eigenvalue weighted by atomic mass is 79.9. The molecule has 0 bridgehead atoms. The van der Waals surface area contributed by atoms with Gasteiger partial charge in [0.25, 0.3) is 0 Å². The Morgan fingerprint density at radius 2 is 1.68 bits per heavy atom. The zero-order valence-corrected chi connectivity index (χ0v) is 18.3. The van der Waals surface area contributed by atoms with E-state index in [1.165, 1.54) is 5.56 Å². The van der Waals surface area contributed by atoms with Gasteiger partial charge in [-0.05, 0) is 75.0 Å². The van der Waals surface area contributed by atoms with Crippen molar-refractivity contribution in [1.29, 1.82) is 0 Å². The number of benzene rings is 2. The predicted octanol–water partition coefficient (Wildman–Crippen LogP) is 5.73. The zero-order chi connectivity index (χ0) is 17.2. The van der Waals surface area contributed by atoms with E-state index in [9.17, 15) is 0 Å². The summed E-state index contributed by atoms with van der Waals surface area (Å²) in [5.74, 6) is 0.832. The number of halogens is 3. The summed E-state index contributed by atoms with van der Waals surface area (Å²) in [5.41, 5.74) is 2.36. The number of hydrogen-bond acceptors (Lipinski definition) is 3. The quantitative estimate of drug-likeness (QED) is 0.429. The highest BCUT2D eigenvalue weighted by molar-refractivity contribution is 9.11. The van der Waals surface area contributed by atoms with Gasteiger partial charge in [-0.1, -0.05) is 30.3 Å². The van der Waals surface area contributed by atoms with Crippen LogP contribution in [0.1, 0.15) is 24.5 Å². The average Bonchev–Trinajstić information content (AvgIpc) is 2.58. The standard InChI is InChI=1S/C19H23Br2NO2.ClH/c1-2-23-10-6-9-22-13-16-11-17(20)19(18(21)12-16)24-14-15-7-4-3-5-8-15;/h3-5,7-8,11-12,22H,2,6,9-10,13-14H2,1H3;1H. The van der Waals surface area contributed by atoms with Crippen molar-refractivity contribution < 1.29 is 9.47 Å². The molecule has 2 rings (SSSR count). The van der Waals surface area contributed by atoms with Crippen LogP contribution in [-0.2, 0) is 17.9 Å². The van der Waals surface area contributed by atoms with Crippen LogP contribution in [0.5, 0.6) is 5.75 Å². The molecule has 2 aromatic carbocycles. The van der Waals surface area contributed by atoms with Crippen LogP contribution in [0.25, 0.3) is 0 Å². The predicted molar refractivity (Wildman–Crippen MR) is 113 cm³/mol. The maximum Gasteiger partial charge on any atom is 0.148 e. The number of hydrogen-bond donors (Lipinski definition) is 1. The van der Waals surface area contributed by atoms with E-state index in [1.54, 1.807) is 0 Å². The van der Waals surface area contributed by atoms with Crippen molar-refractivity contribution in [3.05, 3.63) is 62.5 Å². The van der Waals surface area contributed by atoms with Crippen molar-refractivity contribution in [2.75, 3.05) is 19.8 Å². The number of nitrogens with one attached hydrogen (secondary N) is 1. The lowest BCUT2D eigenvalue weighted by molar-refractivity contribution is 0.144. The Hall–Kier alpha value is -0.590. The number of rotatable bonds is 10. The second-order valence-electron chi connectivity index (χ2n) is 5.39. The van der Waals surface area contributed by atoms with Crippen molar-refractivity contribution in [3.63, 3.8) is 0 Å². The molecule has 0 aromatic heterocycles. The molecule has 0 amide bonds. The van der Waals surface area contributed by atoms with Crippen LogP contribution in [0, 0.1) is 0 Å². The molecule has 1 N–H and O–H groups in total. The molecule has 0 atom stereocenters. The fraction of sp³-hybridized carbons (Fsp3) is 0.368. The highest BCUT2D eigenvalue weighted by Crippen LogP contribution is 2.35. The van der Waals surface area contributed by atoms with E-state index in [0.29, 0.717) is 6.61 Å². The van der Waals surface area contributed by atoms with E-state index in [4.69, 9.17) is 9.47 Å². The lowest BCUT2D eigenvalue weighted by atomic mass is 10.2. The van der Waals surface area contributed by atoms with Crippen LogP contribution in [-0.4, -0.2) is 19.8 Å². The maximum absolute atomic E-state index is 5.95. The Morgan fingerprint density at radius 1 is 1.00 bits per heavy atom. The fourth-order valence-corrected chi connectivity index (χ4v) is 3.77. The van der Waals surface area contributed by atoms with Crippen LogP contribution in [0.4, 0.5) is 0 Å². The second-order valence-corrected chi connectivity index (χ2v) is 7.10. The smallest absolute Gasteiger partial charge is 0.148 e. The molecule has 138 valence electrons. The lowest BCUT2D eigenvalue weighted by Crippen LogP contribution is -2.16. The second kappa shape index (κ2) is 12.7. The molecule has 0 aliphatic rings. The molecule has 0 aliphatic carbocycles. The van der Waals surface area contributed by atoms with Gasteiger partial charge in [-0.3, -0.25) is 0 Å². The SMILES string of the molecule is CCOCCCNCc1cc(Br)c(OCc2ccccc2)c(Br)c1.Cl. The van der Waals surface area contributed by atoms with Crippen molar-refractivity contribution in [2.45, 2.75) is 26.5 Å². The summed E-state index contributed by atoms with van der Waals surface area (Å²) in [7, 11) is 0.